The zero-order valence-electron chi connectivity index (χ0n) is 14.9. The summed E-state index contributed by atoms with van der Waals surface area (Å²) in [4.78, 5) is 28.3. The fraction of sp³-hybridized carbons (Fsp3) is 0.150. The first-order valence-electron chi connectivity index (χ1n) is 8.67. The molecule has 0 aliphatic rings. The molecule has 0 atom stereocenters. The third kappa shape index (κ3) is 6.37. The molecule has 1 aromatic heterocycles. The van der Waals surface area contributed by atoms with Crippen molar-refractivity contribution in [3.63, 3.8) is 0 Å². The molecule has 2 aromatic carbocycles. The lowest BCUT2D eigenvalue weighted by molar-refractivity contribution is -0.121. The first-order chi connectivity index (χ1) is 13.6. The predicted molar refractivity (Wildman–Crippen MR) is 113 cm³/mol. The van der Waals surface area contributed by atoms with Crippen LogP contribution in [0.4, 0.5) is 15.6 Å². The van der Waals surface area contributed by atoms with Crippen LogP contribution in [0.5, 0.6) is 0 Å². The number of rotatable bonds is 7. The van der Waals surface area contributed by atoms with Crippen molar-refractivity contribution in [2.75, 3.05) is 10.6 Å². The normalized spacial score (nSPS) is 10.3. The Balaban J connectivity index is 1.42. The Labute approximate surface area is 172 Å². The second-order valence-electron chi connectivity index (χ2n) is 6.00. The highest BCUT2D eigenvalue weighted by Crippen LogP contribution is 2.18. The summed E-state index contributed by atoms with van der Waals surface area (Å²) >= 11 is 7.21. The fourth-order valence-corrected chi connectivity index (χ4v) is 3.36. The second kappa shape index (κ2) is 9.87. The number of aromatic nitrogens is 1. The second-order valence-corrected chi connectivity index (χ2v) is 7.29. The quantitative estimate of drug-likeness (QED) is 0.524. The summed E-state index contributed by atoms with van der Waals surface area (Å²) in [5.41, 5.74) is 2.41. The highest BCUT2D eigenvalue weighted by atomic mass is 35.5. The number of aryl methyl sites for hydroxylation is 1. The number of halogens is 1. The van der Waals surface area contributed by atoms with Crippen LogP contribution in [-0.2, 0) is 17.8 Å². The van der Waals surface area contributed by atoms with E-state index in [1.165, 1.54) is 11.3 Å². The van der Waals surface area contributed by atoms with Crippen LogP contribution in [0.15, 0.2) is 60.0 Å². The summed E-state index contributed by atoms with van der Waals surface area (Å²) < 4.78 is 0. The Kier molecular flexibility index (Phi) is 7.00. The highest BCUT2D eigenvalue weighted by Gasteiger charge is 2.09. The minimum absolute atomic E-state index is 0.0370. The Morgan fingerprint density at radius 2 is 1.86 bits per heavy atom. The lowest BCUT2D eigenvalue weighted by Gasteiger charge is -2.05. The van der Waals surface area contributed by atoms with Crippen molar-refractivity contribution in [3.05, 3.63) is 76.3 Å². The van der Waals surface area contributed by atoms with Gasteiger partial charge in [0.1, 0.15) is 0 Å². The zero-order valence-corrected chi connectivity index (χ0v) is 16.5. The van der Waals surface area contributed by atoms with Crippen LogP contribution in [0.1, 0.15) is 17.7 Å². The highest BCUT2D eigenvalue weighted by molar-refractivity contribution is 7.13. The number of carbonyl (C=O) groups is 2. The van der Waals surface area contributed by atoms with E-state index in [1.54, 1.807) is 24.3 Å². The first kappa shape index (κ1) is 19.9. The maximum Gasteiger partial charge on any atom is 0.325 e. The van der Waals surface area contributed by atoms with Gasteiger partial charge >= 0.3 is 6.03 Å². The molecule has 1 heterocycles. The van der Waals surface area contributed by atoms with E-state index in [9.17, 15) is 9.59 Å². The smallest absolute Gasteiger partial charge is 0.325 e. The number of anilines is 2. The van der Waals surface area contributed by atoms with Crippen LogP contribution in [0.2, 0.25) is 5.02 Å². The molecular weight excluding hydrogens is 396 g/mol. The van der Waals surface area contributed by atoms with Crippen molar-refractivity contribution in [1.82, 2.24) is 10.3 Å². The Morgan fingerprint density at radius 1 is 1.04 bits per heavy atom. The maximum atomic E-state index is 12.0. The Morgan fingerprint density at radius 3 is 2.64 bits per heavy atom. The minimum atomic E-state index is -0.399. The lowest BCUT2D eigenvalue weighted by Crippen LogP contribution is -2.23. The van der Waals surface area contributed by atoms with E-state index in [2.05, 4.69) is 20.9 Å². The summed E-state index contributed by atoms with van der Waals surface area (Å²) in [6, 6.07) is 16.2. The summed E-state index contributed by atoms with van der Waals surface area (Å²) in [5, 5.41) is 11.1. The molecule has 6 nitrogen and oxygen atoms in total. The van der Waals surface area contributed by atoms with Crippen molar-refractivity contribution in [2.24, 2.45) is 0 Å². The number of amides is 3. The monoisotopic (exact) mass is 414 g/mol. The lowest BCUT2D eigenvalue weighted by atomic mass is 10.2. The number of benzene rings is 2. The third-order valence-corrected chi connectivity index (χ3v) is 4.84. The SMILES string of the molecule is O=C(CCc1csc(NC(=O)Nc2cccc(Cl)c2)n1)NCc1ccccc1. The number of carbonyl (C=O) groups excluding carboxylic acids is 2. The predicted octanol–water partition coefficient (Wildman–Crippen LogP) is 4.69. The molecule has 0 unspecified atom stereocenters. The zero-order chi connectivity index (χ0) is 19.8. The van der Waals surface area contributed by atoms with Gasteiger partial charge in [-0.05, 0) is 30.2 Å². The van der Waals surface area contributed by atoms with Gasteiger partial charge in [-0.15, -0.1) is 11.3 Å². The number of nitrogens with one attached hydrogen (secondary N) is 3. The van der Waals surface area contributed by atoms with Gasteiger partial charge in [-0.3, -0.25) is 10.1 Å². The summed E-state index contributed by atoms with van der Waals surface area (Å²) in [6.07, 6.45) is 0.847. The number of nitrogens with zero attached hydrogens (tertiary/aromatic N) is 1. The van der Waals surface area contributed by atoms with Crippen molar-refractivity contribution in [1.29, 1.82) is 0 Å². The van der Waals surface area contributed by atoms with Crippen LogP contribution in [0, 0.1) is 0 Å². The van der Waals surface area contributed by atoms with Gasteiger partial charge < -0.3 is 10.6 Å². The molecule has 3 aromatic rings. The number of urea groups is 1. The largest absolute Gasteiger partial charge is 0.352 e. The van der Waals surface area contributed by atoms with Crippen LogP contribution in [0.3, 0.4) is 0 Å². The van der Waals surface area contributed by atoms with Gasteiger partial charge in [-0.1, -0.05) is 48.0 Å². The van der Waals surface area contributed by atoms with Crippen LogP contribution in [0.25, 0.3) is 0 Å². The molecule has 144 valence electrons. The van der Waals surface area contributed by atoms with Gasteiger partial charge in [0.05, 0.1) is 5.69 Å². The molecule has 28 heavy (non-hydrogen) atoms. The van der Waals surface area contributed by atoms with E-state index in [4.69, 9.17) is 11.6 Å². The molecular formula is C20H19ClN4O2S. The topological polar surface area (TPSA) is 83.1 Å². The maximum absolute atomic E-state index is 12.0. The van der Waals surface area contributed by atoms with Gasteiger partial charge in [-0.2, -0.15) is 0 Å². The van der Waals surface area contributed by atoms with Gasteiger partial charge in [-0.25, -0.2) is 9.78 Å². The van der Waals surface area contributed by atoms with Crippen molar-refractivity contribution < 1.29 is 9.59 Å². The fourth-order valence-electron chi connectivity index (χ4n) is 2.43. The molecule has 0 radical (unpaired) electrons. The van der Waals surface area contributed by atoms with Crippen LogP contribution in [-0.4, -0.2) is 16.9 Å². The van der Waals surface area contributed by atoms with Crippen LogP contribution >= 0.6 is 22.9 Å². The third-order valence-electron chi connectivity index (χ3n) is 3.80. The summed E-state index contributed by atoms with van der Waals surface area (Å²) in [6.45, 7) is 0.507. The molecule has 3 N–H and O–H groups in total. The number of hydrogen-bond donors (Lipinski definition) is 3. The van der Waals surface area contributed by atoms with E-state index in [-0.39, 0.29) is 5.91 Å². The summed E-state index contributed by atoms with van der Waals surface area (Å²) in [5.74, 6) is -0.0370. The van der Waals surface area contributed by atoms with E-state index in [0.717, 1.165) is 11.3 Å². The molecule has 3 rings (SSSR count). The van der Waals surface area contributed by atoms with Gasteiger partial charge in [0.2, 0.25) is 5.91 Å². The van der Waals surface area contributed by atoms with Crippen LogP contribution < -0.4 is 16.0 Å². The van der Waals surface area contributed by atoms with E-state index < -0.39 is 6.03 Å². The molecule has 0 saturated carbocycles. The van der Waals surface area contributed by atoms with Gasteiger partial charge in [0.25, 0.3) is 0 Å². The summed E-state index contributed by atoms with van der Waals surface area (Å²) in [7, 11) is 0. The molecule has 0 aliphatic heterocycles. The molecule has 0 saturated heterocycles. The number of hydrogen-bond acceptors (Lipinski definition) is 4. The van der Waals surface area contributed by atoms with Crippen molar-refractivity contribution in [3.8, 4) is 0 Å². The van der Waals surface area contributed by atoms with Crippen molar-refractivity contribution in [2.45, 2.75) is 19.4 Å². The minimum Gasteiger partial charge on any atom is -0.352 e. The molecule has 3 amide bonds. The van der Waals surface area contributed by atoms with Gasteiger partial charge in [0, 0.05) is 29.1 Å². The van der Waals surface area contributed by atoms with E-state index in [0.29, 0.717) is 35.2 Å². The Bertz CT molecular complexity index is 946. The van der Waals surface area contributed by atoms with E-state index in [1.807, 2.05) is 35.7 Å². The van der Waals surface area contributed by atoms with E-state index >= 15 is 0 Å². The average Bonchev–Trinajstić information content (AvgIpc) is 3.12. The van der Waals surface area contributed by atoms with Crippen molar-refractivity contribution >= 4 is 45.7 Å². The standard InChI is InChI=1S/C20H19ClN4O2S/c21-15-7-4-8-16(11-15)23-19(27)25-20-24-17(13-28-20)9-10-18(26)22-12-14-5-2-1-3-6-14/h1-8,11,13H,9-10,12H2,(H,22,26)(H2,23,24,25,27). The molecule has 0 aliphatic carbocycles. The Hall–Kier alpha value is -2.90. The molecule has 0 spiro atoms. The average molecular weight is 415 g/mol. The molecule has 0 bridgehead atoms. The molecule has 8 heteroatoms. The van der Waals surface area contributed by atoms with Gasteiger partial charge in [0.15, 0.2) is 5.13 Å². The first-order valence-corrected chi connectivity index (χ1v) is 9.93. The number of thiazole rings is 1. The molecule has 0 fully saturated rings.